The molecule has 2 aromatic carbocycles. The number of rotatable bonds is 3. The van der Waals surface area contributed by atoms with E-state index in [1.54, 1.807) is 36.4 Å². The maximum atomic E-state index is 12.8. The van der Waals surface area contributed by atoms with Crippen molar-refractivity contribution in [2.75, 3.05) is 13.1 Å². The number of benzene rings is 2. The fourth-order valence-corrected chi connectivity index (χ4v) is 4.78. The van der Waals surface area contributed by atoms with Crippen molar-refractivity contribution in [1.82, 2.24) is 0 Å². The Morgan fingerprint density at radius 2 is 1.69 bits per heavy atom. The van der Waals surface area contributed by atoms with E-state index in [1.165, 1.54) is 23.8 Å². The summed E-state index contributed by atoms with van der Waals surface area (Å²) in [4.78, 5) is 26.6. The van der Waals surface area contributed by atoms with Gasteiger partial charge < -0.3 is 18.8 Å². The minimum absolute atomic E-state index is 0.0897. The summed E-state index contributed by atoms with van der Waals surface area (Å²) in [7, 11) is 0. The number of phenols is 1. The Bertz CT molecular complexity index is 1430. The second-order valence-corrected chi connectivity index (χ2v) is 8.83. The van der Waals surface area contributed by atoms with Crippen LogP contribution in [0, 0.1) is 0 Å². The van der Waals surface area contributed by atoms with Gasteiger partial charge in [0.15, 0.2) is 5.58 Å². The molecule has 0 aliphatic carbocycles. The Labute approximate surface area is 188 Å². The highest BCUT2D eigenvalue weighted by atomic mass is 35.5. The largest absolute Gasteiger partial charge is 0.507 e. The number of phenolic OH excluding ortho intramolecular Hbond substituents is 1. The number of hydrogen-bond acceptors (Lipinski definition) is 5. The third kappa shape index (κ3) is 3.92. The lowest BCUT2D eigenvalue weighted by molar-refractivity contribution is -0.913. The molecule has 0 amide bonds. The highest BCUT2D eigenvalue weighted by Crippen LogP contribution is 2.33. The van der Waals surface area contributed by atoms with E-state index in [2.05, 4.69) is 0 Å². The van der Waals surface area contributed by atoms with Crippen LogP contribution in [0.1, 0.15) is 31.2 Å². The number of likely N-dealkylation sites (tertiary alicyclic amines) is 1. The topological polar surface area (TPSA) is 85.1 Å². The van der Waals surface area contributed by atoms with E-state index < -0.39 is 11.3 Å². The maximum Gasteiger partial charge on any atom is 0.344 e. The molecule has 0 unspecified atom stereocenters. The predicted molar refractivity (Wildman–Crippen MR) is 124 cm³/mol. The van der Waals surface area contributed by atoms with Crippen molar-refractivity contribution in [3.05, 3.63) is 73.9 Å². The van der Waals surface area contributed by atoms with Gasteiger partial charge in [0.05, 0.1) is 24.2 Å². The van der Waals surface area contributed by atoms with E-state index in [9.17, 15) is 14.7 Å². The van der Waals surface area contributed by atoms with Gasteiger partial charge in [0.1, 0.15) is 17.9 Å². The lowest BCUT2D eigenvalue weighted by Crippen LogP contribution is -3.10. The Balaban J connectivity index is 1.70. The first-order valence-electron chi connectivity index (χ1n) is 10.9. The molecule has 1 aliphatic rings. The van der Waals surface area contributed by atoms with Gasteiger partial charge in [0.25, 0.3) is 0 Å². The van der Waals surface area contributed by atoms with E-state index in [1.807, 2.05) is 0 Å². The van der Waals surface area contributed by atoms with Gasteiger partial charge in [-0.25, -0.2) is 9.59 Å². The van der Waals surface area contributed by atoms with E-state index >= 15 is 0 Å². The van der Waals surface area contributed by atoms with Crippen LogP contribution in [0.5, 0.6) is 5.75 Å². The molecule has 0 saturated carbocycles. The summed E-state index contributed by atoms with van der Waals surface area (Å²) in [5.74, 6) is 0.0897. The highest BCUT2D eigenvalue weighted by molar-refractivity contribution is 6.31. The molecule has 2 N–H and O–H groups in total. The molecule has 0 atom stereocenters. The third-order valence-corrected chi connectivity index (χ3v) is 6.45. The van der Waals surface area contributed by atoms with Gasteiger partial charge in [-0.3, -0.25) is 0 Å². The number of aromatic hydroxyl groups is 1. The molecule has 0 spiro atoms. The number of halogens is 1. The minimum Gasteiger partial charge on any atom is -0.507 e. The lowest BCUT2D eigenvalue weighted by Gasteiger charge is -2.18. The quantitative estimate of drug-likeness (QED) is 0.461. The van der Waals surface area contributed by atoms with Crippen molar-refractivity contribution >= 4 is 33.5 Å². The van der Waals surface area contributed by atoms with Crippen molar-refractivity contribution in [3.63, 3.8) is 0 Å². The Kier molecular flexibility index (Phi) is 5.49. The van der Waals surface area contributed by atoms with Gasteiger partial charge in [-0.2, -0.15) is 0 Å². The minimum atomic E-state index is -0.587. The second kappa shape index (κ2) is 8.45. The maximum absolute atomic E-state index is 12.8. The van der Waals surface area contributed by atoms with E-state index in [-0.39, 0.29) is 11.3 Å². The van der Waals surface area contributed by atoms with Crippen LogP contribution in [0.15, 0.2) is 60.9 Å². The molecule has 0 bridgehead atoms. The van der Waals surface area contributed by atoms with Gasteiger partial charge in [0, 0.05) is 27.4 Å². The van der Waals surface area contributed by atoms with Gasteiger partial charge in [-0.15, -0.1) is 0 Å². The summed E-state index contributed by atoms with van der Waals surface area (Å²) in [6.07, 6.45) is 4.70. The molecular weight excluding hydrogens is 430 g/mol. The van der Waals surface area contributed by atoms with Crippen LogP contribution in [-0.2, 0) is 6.54 Å². The van der Waals surface area contributed by atoms with Crippen LogP contribution in [0.4, 0.5) is 0 Å². The van der Waals surface area contributed by atoms with Crippen molar-refractivity contribution < 1.29 is 18.8 Å². The van der Waals surface area contributed by atoms with Gasteiger partial charge in [-0.1, -0.05) is 11.6 Å². The first-order valence-corrected chi connectivity index (χ1v) is 11.2. The Morgan fingerprint density at radius 3 is 2.47 bits per heavy atom. The second-order valence-electron chi connectivity index (χ2n) is 8.39. The van der Waals surface area contributed by atoms with Gasteiger partial charge in [0.2, 0.25) is 0 Å². The fraction of sp³-hybridized carbons (Fsp3) is 0.280. The summed E-state index contributed by atoms with van der Waals surface area (Å²) >= 11 is 6.10. The summed E-state index contributed by atoms with van der Waals surface area (Å²) in [6, 6.07) is 11.2. The molecule has 5 rings (SSSR count). The van der Waals surface area contributed by atoms with E-state index in [0.717, 1.165) is 25.9 Å². The van der Waals surface area contributed by atoms with Crippen LogP contribution in [0.3, 0.4) is 0 Å². The van der Waals surface area contributed by atoms with E-state index in [0.29, 0.717) is 44.6 Å². The fourth-order valence-electron chi connectivity index (χ4n) is 4.60. The summed E-state index contributed by atoms with van der Waals surface area (Å²) in [6.45, 7) is 2.57. The molecule has 164 valence electrons. The van der Waals surface area contributed by atoms with Crippen LogP contribution in [-0.4, -0.2) is 18.2 Å². The highest BCUT2D eigenvalue weighted by Gasteiger charge is 2.21. The zero-order valence-electron chi connectivity index (χ0n) is 17.4. The molecule has 2 aromatic heterocycles. The summed E-state index contributed by atoms with van der Waals surface area (Å²) in [5.41, 5.74) is 0.839. The first kappa shape index (κ1) is 20.8. The van der Waals surface area contributed by atoms with Gasteiger partial charge in [-0.05, 0) is 62.1 Å². The molecule has 1 saturated heterocycles. The molecule has 0 radical (unpaired) electrons. The molecule has 6 nitrogen and oxygen atoms in total. The summed E-state index contributed by atoms with van der Waals surface area (Å²) in [5, 5.41) is 12.4. The molecule has 4 aromatic rings. The zero-order valence-corrected chi connectivity index (χ0v) is 18.2. The lowest BCUT2D eigenvalue weighted by atomic mass is 9.99. The third-order valence-electron chi connectivity index (χ3n) is 6.21. The van der Waals surface area contributed by atoms with Crippen LogP contribution >= 0.6 is 11.6 Å². The van der Waals surface area contributed by atoms with E-state index in [4.69, 9.17) is 20.4 Å². The normalized spacial score (nSPS) is 15.3. The molecule has 7 heteroatoms. The molecule has 1 fully saturated rings. The molecule has 3 heterocycles. The van der Waals surface area contributed by atoms with Gasteiger partial charge >= 0.3 is 11.3 Å². The smallest absolute Gasteiger partial charge is 0.344 e. The number of hydrogen-bond donors (Lipinski definition) is 2. The Hall–Kier alpha value is -3.09. The monoisotopic (exact) mass is 452 g/mol. The summed E-state index contributed by atoms with van der Waals surface area (Å²) < 4.78 is 11.1. The Morgan fingerprint density at radius 1 is 0.906 bits per heavy atom. The number of fused-ring (bicyclic) bond motifs is 2. The van der Waals surface area contributed by atoms with Crippen molar-refractivity contribution in [2.45, 2.75) is 32.2 Å². The molecule has 1 aliphatic heterocycles. The first-order chi connectivity index (χ1) is 15.5. The number of nitrogens with one attached hydrogen (secondary N) is 1. The SMILES string of the molecule is O=c1cc(-c2cc3cc(Cl)ccc3oc2=O)c2ccc(O)c(C[NH+]3CCCCCC3)c2o1. The van der Waals surface area contributed by atoms with Crippen LogP contribution in [0.25, 0.3) is 33.1 Å². The average Bonchev–Trinajstić information content (AvgIpc) is 3.04. The van der Waals surface area contributed by atoms with Crippen molar-refractivity contribution in [2.24, 2.45) is 0 Å². The molecular formula is C25H23ClNO5+. The number of quaternary nitrogens is 1. The van der Waals surface area contributed by atoms with Crippen molar-refractivity contribution in [1.29, 1.82) is 0 Å². The predicted octanol–water partition coefficient (Wildman–Crippen LogP) is 3.88. The van der Waals surface area contributed by atoms with Crippen LogP contribution in [0.2, 0.25) is 5.02 Å². The standard InChI is InChI=1S/C25H22ClNO5/c26-16-5-8-22-15(11-16)12-19(25(30)31-22)18-13-23(29)32-24-17(18)6-7-21(28)20(24)14-27-9-3-1-2-4-10-27/h5-8,11-13,28H,1-4,9-10,14H2/p+1. The van der Waals surface area contributed by atoms with Crippen molar-refractivity contribution in [3.8, 4) is 16.9 Å². The molecule has 32 heavy (non-hydrogen) atoms. The average molecular weight is 453 g/mol. The zero-order chi connectivity index (χ0) is 22.2. The van der Waals surface area contributed by atoms with Crippen LogP contribution < -0.4 is 16.2 Å².